The zero-order valence-corrected chi connectivity index (χ0v) is 8.26. The van der Waals surface area contributed by atoms with E-state index in [1.807, 2.05) is 0 Å². The first-order valence-electron chi connectivity index (χ1n) is 4.79. The molecule has 3 heteroatoms. The number of unbranched alkanes of at least 4 members (excludes halogenated alkanes) is 1. The molecule has 0 aromatic rings. The summed E-state index contributed by atoms with van der Waals surface area (Å²) in [5, 5.41) is 8.80. The summed E-state index contributed by atoms with van der Waals surface area (Å²) in [5.41, 5.74) is 0. The summed E-state index contributed by atoms with van der Waals surface area (Å²) >= 11 is 5.59. The maximum atomic E-state index is 8.80. The monoisotopic (exact) mass is 191 g/mol. The van der Waals surface area contributed by atoms with Gasteiger partial charge in [0.2, 0.25) is 0 Å². The van der Waals surface area contributed by atoms with Gasteiger partial charge in [-0.05, 0) is 32.2 Å². The molecule has 1 N–H and O–H groups in total. The molecule has 0 radical (unpaired) electrons. The molecule has 0 spiro atoms. The molecule has 0 heterocycles. The van der Waals surface area contributed by atoms with E-state index in [2.05, 4.69) is 4.90 Å². The van der Waals surface area contributed by atoms with E-state index in [9.17, 15) is 0 Å². The third-order valence-corrected chi connectivity index (χ3v) is 2.55. The largest absolute Gasteiger partial charge is 0.395 e. The lowest BCUT2D eigenvalue weighted by Gasteiger charge is -2.20. The summed E-state index contributed by atoms with van der Waals surface area (Å²) in [4.78, 5) is 2.38. The van der Waals surface area contributed by atoms with Gasteiger partial charge in [0.05, 0.1) is 6.61 Å². The molecule has 1 aliphatic carbocycles. The minimum absolute atomic E-state index is 0.289. The molecule has 12 heavy (non-hydrogen) atoms. The second-order valence-corrected chi connectivity index (χ2v) is 3.76. The minimum atomic E-state index is 0.289. The fourth-order valence-electron chi connectivity index (χ4n) is 1.45. The van der Waals surface area contributed by atoms with Gasteiger partial charge in [-0.25, -0.2) is 0 Å². The van der Waals surface area contributed by atoms with Crippen LogP contribution in [0.2, 0.25) is 0 Å². The quantitative estimate of drug-likeness (QED) is 0.487. The maximum Gasteiger partial charge on any atom is 0.0558 e. The third kappa shape index (κ3) is 3.74. The first kappa shape index (κ1) is 10.3. The smallest absolute Gasteiger partial charge is 0.0558 e. The Morgan fingerprint density at radius 2 is 2.00 bits per heavy atom. The van der Waals surface area contributed by atoms with Crippen LogP contribution in [-0.4, -0.2) is 41.6 Å². The SMILES string of the molecule is OCCN(CCCCCl)C1CC1. The van der Waals surface area contributed by atoms with Gasteiger partial charge in [0.25, 0.3) is 0 Å². The van der Waals surface area contributed by atoms with Crippen molar-refractivity contribution in [1.29, 1.82) is 0 Å². The zero-order chi connectivity index (χ0) is 8.81. The molecule has 0 bridgehead atoms. The molecule has 1 fully saturated rings. The fraction of sp³-hybridized carbons (Fsp3) is 1.00. The molecule has 0 amide bonds. The van der Waals surface area contributed by atoms with Gasteiger partial charge >= 0.3 is 0 Å². The lowest BCUT2D eigenvalue weighted by atomic mass is 10.3. The molecule has 1 aliphatic rings. The topological polar surface area (TPSA) is 23.5 Å². The third-order valence-electron chi connectivity index (χ3n) is 2.28. The second-order valence-electron chi connectivity index (χ2n) is 3.39. The van der Waals surface area contributed by atoms with E-state index in [1.165, 1.54) is 19.3 Å². The predicted molar refractivity (Wildman–Crippen MR) is 51.6 cm³/mol. The second kappa shape index (κ2) is 5.79. The number of hydrogen-bond donors (Lipinski definition) is 1. The Labute approximate surface area is 79.5 Å². The number of aliphatic hydroxyl groups excluding tert-OH is 1. The molecule has 0 aromatic carbocycles. The van der Waals surface area contributed by atoms with Crippen LogP contribution in [0.4, 0.5) is 0 Å². The van der Waals surface area contributed by atoms with Crippen molar-refractivity contribution < 1.29 is 5.11 Å². The molecule has 0 aliphatic heterocycles. The summed E-state index contributed by atoms with van der Waals surface area (Å²) in [6.07, 6.45) is 4.90. The lowest BCUT2D eigenvalue weighted by molar-refractivity contribution is 0.187. The Balaban J connectivity index is 2.05. The molecule has 2 nitrogen and oxygen atoms in total. The van der Waals surface area contributed by atoms with Crippen molar-refractivity contribution >= 4 is 11.6 Å². The summed E-state index contributed by atoms with van der Waals surface area (Å²) in [5.74, 6) is 0.762. The lowest BCUT2D eigenvalue weighted by Crippen LogP contribution is -2.30. The van der Waals surface area contributed by atoms with Gasteiger partial charge < -0.3 is 5.11 Å². The maximum absolute atomic E-state index is 8.80. The Morgan fingerprint density at radius 1 is 1.25 bits per heavy atom. The van der Waals surface area contributed by atoms with Gasteiger partial charge in [0.15, 0.2) is 0 Å². The van der Waals surface area contributed by atoms with Crippen LogP contribution in [0.15, 0.2) is 0 Å². The summed E-state index contributed by atoms with van der Waals surface area (Å²) in [6, 6.07) is 0.771. The summed E-state index contributed by atoms with van der Waals surface area (Å²) < 4.78 is 0. The van der Waals surface area contributed by atoms with Crippen LogP contribution in [-0.2, 0) is 0 Å². The number of aliphatic hydroxyl groups is 1. The van der Waals surface area contributed by atoms with Gasteiger partial charge in [-0.1, -0.05) is 0 Å². The van der Waals surface area contributed by atoms with Crippen molar-refractivity contribution in [2.75, 3.05) is 25.6 Å². The average Bonchev–Trinajstić information content (AvgIpc) is 2.86. The Kier molecular flexibility index (Phi) is 4.96. The van der Waals surface area contributed by atoms with Crippen LogP contribution in [0, 0.1) is 0 Å². The molecule has 0 unspecified atom stereocenters. The molecule has 72 valence electrons. The van der Waals surface area contributed by atoms with Gasteiger partial charge in [0, 0.05) is 18.5 Å². The molecular weight excluding hydrogens is 174 g/mol. The van der Waals surface area contributed by atoms with Gasteiger partial charge in [0.1, 0.15) is 0 Å². The first-order chi connectivity index (χ1) is 5.88. The average molecular weight is 192 g/mol. The van der Waals surface area contributed by atoms with Crippen molar-refractivity contribution in [3.8, 4) is 0 Å². The number of rotatable bonds is 7. The van der Waals surface area contributed by atoms with E-state index in [0.717, 1.165) is 31.4 Å². The van der Waals surface area contributed by atoms with Crippen LogP contribution in [0.1, 0.15) is 25.7 Å². The van der Waals surface area contributed by atoms with E-state index >= 15 is 0 Å². The first-order valence-corrected chi connectivity index (χ1v) is 5.33. The Bertz CT molecular complexity index is 117. The van der Waals surface area contributed by atoms with Crippen molar-refractivity contribution in [2.45, 2.75) is 31.7 Å². The molecule has 0 atom stereocenters. The number of hydrogen-bond acceptors (Lipinski definition) is 2. The Hall–Kier alpha value is 0.210. The molecular formula is C9H18ClNO. The van der Waals surface area contributed by atoms with E-state index < -0.39 is 0 Å². The van der Waals surface area contributed by atoms with Crippen LogP contribution in [0.25, 0.3) is 0 Å². The van der Waals surface area contributed by atoms with Crippen molar-refractivity contribution in [1.82, 2.24) is 4.90 Å². The van der Waals surface area contributed by atoms with Gasteiger partial charge in [-0.15, -0.1) is 11.6 Å². The van der Waals surface area contributed by atoms with Crippen LogP contribution in [0.3, 0.4) is 0 Å². The summed E-state index contributed by atoms with van der Waals surface area (Å²) in [6.45, 7) is 2.24. The molecule has 1 rings (SSSR count). The number of nitrogens with zero attached hydrogens (tertiary/aromatic N) is 1. The molecule has 1 saturated carbocycles. The van der Waals surface area contributed by atoms with Gasteiger partial charge in [-0.3, -0.25) is 4.90 Å². The predicted octanol–water partition coefficient (Wildman–Crippen LogP) is 1.46. The van der Waals surface area contributed by atoms with E-state index in [0.29, 0.717) is 0 Å². The Morgan fingerprint density at radius 3 is 2.50 bits per heavy atom. The molecule has 0 saturated heterocycles. The van der Waals surface area contributed by atoms with E-state index in [1.54, 1.807) is 0 Å². The van der Waals surface area contributed by atoms with Crippen molar-refractivity contribution in [3.63, 3.8) is 0 Å². The number of alkyl halides is 1. The normalized spacial score (nSPS) is 17.2. The van der Waals surface area contributed by atoms with Gasteiger partial charge in [-0.2, -0.15) is 0 Å². The molecule has 0 aromatic heterocycles. The van der Waals surface area contributed by atoms with Crippen molar-refractivity contribution in [2.24, 2.45) is 0 Å². The fourth-order valence-corrected chi connectivity index (χ4v) is 1.64. The van der Waals surface area contributed by atoms with Crippen LogP contribution >= 0.6 is 11.6 Å². The minimum Gasteiger partial charge on any atom is -0.395 e. The highest BCUT2D eigenvalue weighted by Gasteiger charge is 2.27. The van der Waals surface area contributed by atoms with Crippen LogP contribution < -0.4 is 0 Å². The standard InChI is InChI=1S/C9H18ClNO/c10-5-1-2-6-11(7-8-12)9-3-4-9/h9,12H,1-8H2. The van der Waals surface area contributed by atoms with E-state index in [4.69, 9.17) is 16.7 Å². The summed E-state index contributed by atoms with van der Waals surface area (Å²) in [7, 11) is 0. The number of halogens is 1. The highest BCUT2D eigenvalue weighted by Crippen LogP contribution is 2.26. The zero-order valence-electron chi connectivity index (χ0n) is 7.51. The highest BCUT2D eigenvalue weighted by atomic mass is 35.5. The highest BCUT2D eigenvalue weighted by molar-refractivity contribution is 6.17. The van der Waals surface area contributed by atoms with Crippen LogP contribution in [0.5, 0.6) is 0 Å². The van der Waals surface area contributed by atoms with Crippen molar-refractivity contribution in [3.05, 3.63) is 0 Å². The van der Waals surface area contributed by atoms with E-state index in [-0.39, 0.29) is 6.61 Å².